The first-order valence-corrected chi connectivity index (χ1v) is 8.54. The predicted molar refractivity (Wildman–Crippen MR) is 80.4 cm³/mol. The van der Waals surface area contributed by atoms with Gasteiger partial charge in [-0.3, -0.25) is 0 Å². The van der Waals surface area contributed by atoms with E-state index in [1.807, 2.05) is 12.3 Å². The summed E-state index contributed by atoms with van der Waals surface area (Å²) in [5, 5.41) is 8.69. The molecule has 1 aromatic carbocycles. The van der Waals surface area contributed by atoms with Crippen LogP contribution in [0.25, 0.3) is 0 Å². The average Bonchev–Trinajstić information content (AvgIpc) is 2.87. The molecule has 1 unspecified atom stereocenters. The Morgan fingerprint density at radius 2 is 1.94 bits per heavy atom. The van der Waals surface area contributed by atoms with Crippen molar-refractivity contribution in [2.24, 2.45) is 5.73 Å². The summed E-state index contributed by atoms with van der Waals surface area (Å²) in [6.07, 6.45) is 2.96. The fourth-order valence-electron chi connectivity index (χ4n) is 1.56. The van der Waals surface area contributed by atoms with E-state index in [-0.39, 0.29) is 0 Å². The highest BCUT2D eigenvalue weighted by molar-refractivity contribution is 8.03. The number of hydrogen-bond donors (Lipinski definition) is 1. The maximum Gasteiger partial charge on any atom is 0.175 e. The Morgan fingerprint density at radius 3 is 2.56 bits per heavy atom. The van der Waals surface area contributed by atoms with E-state index < -0.39 is 0 Å². The van der Waals surface area contributed by atoms with Gasteiger partial charge >= 0.3 is 0 Å². The van der Waals surface area contributed by atoms with Gasteiger partial charge in [0.2, 0.25) is 0 Å². The minimum Gasteiger partial charge on any atom is -0.330 e. The van der Waals surface area contributed by atoms with Crippen molar-refractivity contribution < 1.29 is 0 Å². The van der Waals surface area contributed by atoms with Gasteiger partial charge in [0.05, 0.1) is 0 Å². The average molecular weight is 297 g/mol. The Labute approximate surface area is 120 Å². The van der Waals surface area contributed by atoms with E-state index in [9.17, 15) is 0 Å². The van der Waals surface area contributed by atoms with Gasteiger partial charge in [-0.15, -0.1) is 10.2 Å². The normalized spacial score (nSPS) is 12.6. The molecule has 0 spiro atoms. The first-order chi connectivity index (χ1) is 8.83. The van der Waals surface area contributed by atoms with Gasteiger partial charge < -0.3 is 5.73 Å². The molecule has 1 atom stereocenters. The molecule has 3 nitrogen and oxygen atoms in total. The summed E-state index contributed by atoms with van der Waals surface area (Å²) >= 11 is 5.03. The smallest absolute Gasteiger partial charge is 0.175 e. The third-order valence-electron chi connectivity index (χ3n) is 2.41. The molecule has 0 radical (unpaired) electrons. The zero-order valence-electron chi connectivity index (χ0n) is 10.1. The lowest BCUT2D eigenvalue weighted by molar-refractivity contribution is 0.811. The number of aromatic nitrogens is 2. The molecule has 0 amide bonds. The molecule has 18 heavy (non-hydrogen) atoms. The van der Waals surface area contributed by atoms with Crippen molar-refractivity contribution in [1.82, 2.24) is 10.2 Å². The third-order valence-corrected chi connectivity index (χ3v) is 5.71. The van der Waals surface area contributed by atoms with Gasteiger partial charge in [-0.25, -0.2) is 0 Å². The molecular weight excluding hydrogens is 282 g/mol. The summed E-state index contributed by atoms with van der Waals surface area (Å²) < 4.78 is 2.03. The summed E-state index contributed by atoms with van der Waals surface area (Å²) in [4.78, 5) is 0. The van der Waals surface area contributed by atoms with Crippen molar-refractivity contribution in [3.8, 4) is 0 Å². The molecule has 2 N–H and O–H groups in total. The number of thioether (sulfide) groups is 2. The Kier molecular flexibility index (Phi) is 5.49. The van der Waals surface area contributed by atoms with Crippen LogP contribution in [-0.4, -0.2) is 23.0 Å². The van der Waals surface area contributed by atoms with Gasteiger partial charge in [-0.1, -0.05) is 65.2 Å². The van der Waals surface area contributed by atoms with Crippen LogP contribution >= 0.6 is 34.9 Å². The Morgan fingerprint density at radius 1 is 1.22 bits per heavy atom. The molecule has 96 valence electrons. The second-order valence-electron chi connectivity index (χ2n) is 3.63. The van der Waals surface area contributed by atoms with Crippen molar-refractivity contribution in [2.75, 3.05) is 12.8 Å². The fraction of sp³-hybridized carbons (Fsp3) is 0.333. The minimum atomic E-state index is 0.360. The van der Waals surface area contributed by atoms with Crippen LogP contribution in [0.3, 0.4) is 0 Å². The molecule has 0 saturated heterocycles. The highest BCUT2D eigenvalue weighted by Crippen LogP contribution is 2.39. The van der Waals surface area contributed by atoms with Crippen LogP contribution in [0.4, 0.5) is 0 Å². The lowest BCUT2D eigenvalue weighted by Crippen LogP contribution is -2.04. The lowest BCUT2D eigenvalue weighted by atomic mass is 10.1. The van der Waals surface area contributed by atoms with Gasteiger partial charge in [0.15, 0.2) is 8.68 Å². The van der Waals surface area contributed by atoms with Crippen LogP contribution < -0.4 is 5.73 Å². The molecule has 0 fully saturated rings. The summed E-state index contributed by atoms with van der Waals surface area (Å²) in [5.74, 6) is 0. The molecule has 0 aliphatic rings. The van der Waals surface area contributed by atoms with E-state index in [2.05, 4.69) is 34.5 Å². The van der Waals surface area contributed by atoms with E-state index >= 15 is 0 Å². The topological polar surface area (TPSA) is 51.8 Å². The van der Waals surface area contributed by atoms with Gasteiger partial charge in [-0.05, 0) is 24.8 Å². The number of hydrogen-bond acceptors (Lipinski definition) is 6. The molecule has 6 heteroatoms. The fourth-order valence-corrected chi connectivity index (χ4v) is 4.38. The van der Waals surface area contributed by atoms with Crippen LogP contribution in [0.5, 0.6) is 0 Å². The Bertz CT molecular complexity index is 472. The molecule has 1 heterocycles. The maximum atomic E-state index is 5.70. The summed E-state index contributed by atoms with van der Waals surface area (Å²) in [6, 6.07) is 10.4. The number of nitrogens with zero attached hydrogens (tertiary/aromatic N) is 2. The second-order valence-corrected chi connectivity index (χ2v) is 7.11. The molecule has 0 saturated carbocycles. The highest BCUT2D eigenvalue weighted by atomic mass is 32.2. The largest absolute Gasteiger partial charge is 0.330 e. The van der Waals surface area contributed by atoms with E-state index in [1.165, 1.54) is 5.56 Å². The Hall–Kier alpha value is -0.560. The van der Waals surface area contributed by atoms with Crippen LogP contribution in [-0.2, 0) is 0 Å². The quantitative estimate of drug-likeness (QED) is 0.828. The first-order valence-electron chi connectivity index (χ1n) is 5.62. The first kappa shape index (κ1) is 13.9. The zero-order valence-corrected chi connectivity index (χ0v) is 12.5. The monoisotopic (exact) mass is 297 g/mol. The highest BCUT2D eigenvalue weighted by Gasteiger charge is 2.15. The number of nitrogens with two attached hydrogens (primary N) is 1. The molecule has 0 aliphatic carbocycles. The van der Waals surface area contributed by atoms with Crippen LogP contribution in [0, 0.1) is 0 Å². The van der Waals surface area contributed by atoms with E-state index in [0.717, 1.165) is 15.1 Å². The predicted octanol–water partition coefficient (Wildman–Crippen LogP) is 3.44. The SMILES string of the molecule is CSc1nnc(SC(CCN)c2ccccc2)s1. The van der Waals surface area contributed by atoms with Gasteiger partial charge in [0, 0.05) is 5.25 Å². The van der Waals surface area contributed by atoms with Crippen LogP contribution in [0.2, 0.25) is 0 Å². The molecule has 2 aromatic rings. The molecular formula is C12H15N3S3. The van der Waals surface area contributed by atoms with Gasteiger partial charge in [0.1, 0.15) is 0 Å². The standard InChI is InChI=1S/C12H15N3S3/c1-16-11-14-15-12(18-11)17-10(7-8-13)9-5-3-2-4-6-9/h2-6,10H,7-8,13H2,1H3. The van der Waals surface area contributed by atoms with Crippen molar-refractivity contribution in [1.29, 1.82) is 0 Å². The van der Waals surface area contributed by atoms with Crippen molar-refractivity contribution in [3.05, 3.63) is 35.9 Å². The molecule has 0 aliphatic heterocycles. The van der Waals surface area contributed by atoms with Crippen LogP contribution in [0.1, 0.15) is 17.2 Å². The number of benzene rings is 1. The van der Waals surface area contributed by atoms with Gasteiger partial charge in [-0.2, -0.15) is 0 Å². The summed E-state index contributed by atoms with van der Waals surface area (Å²) in [5.41, 5.74) is 7.00. The third kappa shape index (κ3) is 3.71. The molecule has 0 bridgehead atoms. The molecule has 2 rings (SSSR count). The van der Waals surface area contributed by atoms with Crippen LogP contribution in [0.15, 0.2) is 39.0 Å². The van der Waals surface area contributed by atoms with Crippen molar-refractivity contribution in [3.63, 3.8) is 0 Å². The van der Waals surface area contributed by atoms with Crippen molar-refractivity contribution >= 4 is 34.9 Å². The second kappa shape index (κ2) is 7.13. The minimum absolute atomic E-state index is 0.360. The number of rotatable bonds is 6. The molecule has 1 aromatic heterocycles. The maximum absolute atomic E-state index is 5.70. The van der Waals surface area contributed by atoms with E-state index in [0.29, 0.717) is 11.8 Å². The van der Waals surface area contributed by atoms with E-state index in [1.54, 1.807) is 34.9 Å². The summed E-state index contributed by atoms with van der Waals surface area (Å²) in [6.45, 7) is 0.681. The van der Waals surface area contributed by atoms with E-state index in [4.69, 9.17) is 5.73 Å². The van der Waals surface area contributed by atoms with Crippen molar-refractivity contribution in [2.45, 2.75) is 20.4 Å². The Balaban J connectivity index is 2.11. The van der Waals surface area contributed by atoms with Gasteiger partial charge in [0.25, 0.3) is 0 Å². The summed E-state index contributed by atoms with van der Waals surface area (Å²) in [7, 11) is 0. The lowest BCUT2D eigenvalue weighted by Gasteiger charge is -2.13. The zero-order chi connectivity index (χ0) is 12.8.